The van der Waals surface area contributed by atoms with Gasteiger partial charge in [0.15, 0.2) is 0 Å². The van der Waals surface area contributed by atoms with E-state index in [1.807, 2.05) is 27.7 Å². The second-order valence-corrected chi connectivity index (χ2v) is 6.86. The summed E-state index contributed by atoms with van der Waals surface area (Å²) in [7, 11) is -0.813. The maximum atomic E-state index is 12.5. The summed E-state index contributed by atoms with van der Waals surface area (Å²) >= 11 is 5.62. The quantitative estimate of drug-likeness (QED) is 0.378. The van der Waals surface area contributed by atoms with Crippen molar-refractivity contribution in [1.29, 1.82) is 0 Å². The number of hydrogen-bond acceptors (Lipinski definition) is 4. The van der Waals surface area contributed by atoms with Crippen LogP contribution in [0.15, 0.2) is 23.2 Å². The molecule has 138 valence electrons. The van der Waals surface area contributed by atoms with Gasteiger partial charge in [0.25, 0.3) is 0 Å². The van der Waals surface area contributed by atoms with Crippen LogP contribution in [-0.4, -0.2) is 36.4 Å². The summed E-state index contributed by atoms with van der Waals surface area (Å²) in [4.78, 5) is 4.06. The van der Waals surface area contributed by atoms with E-state index in [-0.39, 0.29) is 17.4 Å². The van der Waals surface area contributed by atoms with E-state index in [2.05, 4.69) is 9.73 Å². The van der Waals surface area contributed by atoms with Gasteiger partial charge in [0.1, 0.15) is 11.6 Å². The van der Waals surface area contributed by atoms with E-state index in [1.54, 1.807) is 0 Å². The Morgan fingerprint density at radius 2 is 1.80 bits per heavy atom. The van der Waals surface area contributed by atoms with Gasteiger partial charge in [0.05, 0.1) is 22.8 Å². The highest BCUT2D eigenvalue weighted by atomic mass is 35.5. The van der Waals surface area contributed by atoms with Gasteiger partial charge in [-0.1, -0.05) is 6.07 Å². The fraction of sp³-hybridized carbons (Fsp3) is 0.533. The lowest BCUT2D eigenvalue weighted by Gasteiger charge is -2.32. The minimum Gasteiger partial charge on any atom is -0.406 e. The van der Waals surface area contributed by atoms with Gasteiger partial charge >= 0.3 is 13.5 Å². The van der Waals surface area contributed by atoms with Gasteiger partial charge < -0.3 is 19.8 Å². The number of nitrogens with zero attached hydrogens (tertiary/aromatic N) is 1. The van der Waals surface area contributed by atoms with Crippen LogP contribution in [0.4, 0.5) is 18.9 Å². The Labute approximate surface area is 149 Å². The fourth-order valence-corrected chi connectivity index (χ4v) is 2.23. The van der Waals surface area contributed by atoms with Crippen molar-refractivity contribution in [3.63, 3.8) is 0 Å². The van der Waals surface area contributed by atoms with Gasteiger partial charge in [-0.25, -0.2) is 4.99 Å². The molecule has 1 heterocycles. The van der Waals surface area contributed by atoms with E-state index in [9.17, 15) is 13.2 Å². The number of ether oxygens (including phenoxy) is 1. The Hall–Kier alpha value is -1.45. The molecule has 0 spiro atoms. The molecular formula is C15H19BClF3N2O3. The molecule has 0 amide bonds. The Balaban J connectivity index is 2.44. The SMILES string of the molecule is CC1(C)OB(c2ccc(OC(F)(F)F)cc2N=C(N)CCl)OC1(C)C. The summed E-state index contributed by atoms with van der Waals surface area (Å²) in [6.45, 7) is 7.46. The van der Waals surface area contributed by atoms with E-state index in [0.29, 0.717) is 5.46 Å². The first-order chi connectivity index (χ1) is 11.3. The van der Waals surface area contributed by atoms with Crippen molar-refractivity contribution in [2.75, 3.05) is 5.88 Å². The maximum absolute atomic E-state index is 12.5. The number of benzene rings is 1. The number of alkyl halides is 4. The average molecular weight is 379 g/mol. The largest absolute Gasteiger partial charge is 0.573 e. The first-order valence-corrected chi connectivity index (χ1v) is 8.02. The van der Waals surface area contributed by atoms with Gasteiger partial charge in [-0.15, -0.1) is 24.8 Å². The summed E-state index contributed by atoms with van der Waals surface area (Å²) in [5.41, 5.74) is 4.97. The zero-order valence-corrected chi connectivity index (χ0v) is 15.0. The van der Waals surface area contributed by atoms with Crippen LogP contribution in [0.3, 0.4) is 0 Å². The monoisotopic (exact) mass is 378 g/mol. The summed E-state index contributed by atoms with van der Waals surface area (Å²) in [5.74, 6) is -0.454. The molecule has 0 aliphatic carbocycles. The fourth-order valence-electron chi connectivity index (χ4n) is 2.17. The summed E-state index contributed by atoms with van der Waals surface area (Å²) in [6.07, 6.45) is -4.81. The lowest BCUT2D eigenvalue weighted by atomic mass is 9.78. The molecule has 2 N–H and O–H groups in total. The highest BCUT2D eigenvalue weighted by Crippen LogP contribution is 2.37. The molecule has 1 aromatic carbocycles. The van der Waals surface area contributed by atoms with Crippen LogP contribution >= 0.6 is 11.6 Å². The highest BCUT2D eigenvalue weighted by Gasteiger charge is 2.52. The molecule has 0 bridgehead atoms. The lowest BCUT2D eigenvalue weighted by molar-refractivity contribution is -0.274. The molecule has 0 saturated carbocycles. The Morgan fingerprint density at radius 3 is 2.28 bits per heavy atom. The summed E-state index contributed by atoms with van der Waals surface area (Å²) in [6, 6.07) is 3.70. The number of aliphatic imine (C=N–C) groups is 1. The van der Waals surface area contributed by atoms with Crippen LogP contribution in [0.25, 0.3) is 0 Å². The second-order valence-electron chi connectivity index (χ2n) is 6.59. The van der Waals surface area contributed by atoms with E-state index in [1.165, 1.54) is 12.1 Å². The first kappa shape index (κ1) is 19.9. The van der Waals surface area contributed by atoms with E-state index in [0.717, 1.165) is 6.07 Å². The van der Waals surface area contributed by atoms with Crippen molar-refractivity contribution in [2.45, 2.75) is 45.3 Å². The molecule has 1 aliphatic rings. The number of amidine groups is 1. The minimum atomic E-state index is -4.81. The molecule has 25 heavy (non-hydrogen) atoms. The van der Waals surface area contributed by atoms with Crippen LogP contribution in [0.5, 0.6) is 5.75 Å². The molecule has 5 nitrogen and oxygen atoms in total. The predicted molar refractivity (Wildman–Crippen MR) is 90.8 cm³/mol. The van der Waals surface area contributed by atoms with E-state index < -0.39 is 30.4 Å². The van der Waals surface area contributed by atoms with Crippen molar-refractivity contribution in [3.8, 4) is 5.75 Å². The molecule has 1 saturated heterocycles. The Kier molecular flexibility index (Phi) is 5.32. The van der Waals surface area contributed by atoms with Crippen LogP contribution in [0, 0.1) is 0 Å². The first-order valence-electron chi connectivity index (χ1n) is 7.49. The Morgan fingerprint density at radius 1 is 1.24 bits per heavy atom. The van der Waals surface area contributed by atoms with Gasteiger partial charge in [-0.2, -0.15) is 0 Å². The van der Waals surface area contributed by atoms with Gasteiger partial charge in [0.2, 0.25) is 0 Å². The minimum absolute atomic E-state index is 0.0450. The predicted octanol–water partition coefficient (Wildman–Crippen LogP) is 3.11. The van der Waals surface area contributed by atoms with Crippen molar-refractivity contribution in [3.05, 3.63) is 18.2 Å². The molecule has 10 heteroatoms. The highest BCUT2D eigenvalue weighted by molar-refractivity contribution is 6.63. The number of rotatable bonds is 4. The van der Waals surface area contributed by atoms with Crippen molar-refractivity contribution < 1.29 is 27.2 Å². The third kappa shape index (κ3) is 4.59. The standard InChI is InChI=1S/C15H19BClF3N2O3/c1-13(2)14(3,4)25-16(24-13)10-6-5-9(23-15(18,19)20)7-11(10)22-12(21)8-17/h5-7H,8H2,1-4H3,(H2,21,22). The topological polar surface area (TPSA) is 66.1 Å². The summed E-state index contributed by atoms with van der Waals surface area (Å²) < 4.78 is 53.1. The van der Waals surface area contributed by atoms with Crippen LogP contribution in [-0.2, 0) is 9.31 Å². The zero-order chi connectivity index (χ0) is 19.0. The average Bonchev–Trinajstić information content (AvgIpc) is 2.65. The van der Waals surface area contributed by atoms with E-state index in [4.69, 9.17) is 26.6 Å². The molecule has 2 rings (SSSR count). The molecule has 1 aromatic rings. The molecule has 1 aliphatic heterocycles. The normalized spacial score (nSPS) is 20.0. The van der Waals surface area contributed by atoms with Crippen molar-refractivity contribution >= 4 is 35.7 Å². The molecular weight excluding hydrogens is 359 g/mol. The zero-order valence-electron chi connectivity index (χ0n) is 14.3. The maximum Gasteiger partial charge on any atom is 0.573 e. The molecule has 0 radical (unpaired) electrons. The van der Waals surface area contributed by atoms with Gasteiger partial charge in [0, 0.05) is 11.5 Å². The third-order valence-corrected chi connectivity index (χ3v) is 4.42. The second kappa shape index (κ2) is 6.70. The van der Waals surface area contributed by atoms with E-state index >= 15 is 0 Å². The lowest BCUT2D eigenvalue weighted by Crippen LogP contribution is -2.41. The smallest absolute Gasteiger partial charge is 0.406 e. The number of hydrogen-bond donors (Lipinski definition) is 1. The van der Waals surface area contributed by atoms with Crippen LogP contribution in [0.1, 0.15) is 27.7 Å². The van der Waals surface area contributed by atoms with Gasteiger partial charge in [-0.3, -0.25) is 0 Å². The molecule has 0 aromatic heterocycles. The number of nitrogens with two attached hydrogens (primary N) is 1. The number of halogens is 4. The molecule has 0 atom stereocenters. The van der Waals surface area contributed by atoms with Gasteiger partial charge in [-0.05, 0) is 33.8 Å². The Bertz CT molecular complexity index is 664. The molecule has 1 fully saturated rings. The summed E-state index contributed by atoms with van der Waals surface area (Å²) in [5, 5.41) is 0. The van der Waals surface area contributed by atoms with Crippen LogP contribution < -0.4 is 15.9 Å². The molecule has 0 unspecified atom stereocenters. The van der Waals surface area contributed by atoms with Crippen molar-refractivity contribution in [2.24, 2.45) is 10.7 Å². The van der Waals surface area contributed by atoms with Crippen LogP contribution in [0.2, 0.25) is 0 Å². The third-order valence-electron chi connectivity index (χ3n) is 4.14. The van der Waals surface area contributed by atoms with Crippen molar-refractivity contribution in [1.82, 2.24) is 0 Å².